The summed E-state index contributed by atoms with van der Waals surface area (Å²) in [7, 11) is 0. The summed E-state index contributed by atoms with van der Waals surface area (Å²) in [5.74, 6) is 1.18. The molecule has 0 aliphatic carbocycles. The van der Waals surface area contributed by atoms with Crippen LogP contribution in [0.15, 0.2) is 17.3 Å². The Morgan fingerprint density at radius 3 is 2.25 bits per heavy atom. The third kappa shape index (κ3) is 3.70. The van der Waals surface area contributed by atoms with Crippen LogP contribution in [0, 0.1) is 11.8 Å². The lowest BCUT2D eigenvalue weighted by Gasteiger charge is -2.15. The van der Waals surface area contributed by atoms with Gasteiger partial charge in [0.05, 0.1) is 0 Å². The number of aliphatic imine (C=N–C) groups is 1. The summed E-state index contributed by atoms with van der Waals surface area (Å²) in [5.41, 5.74) is 1.32. The van der Waals surface area contributed by atoms with Gasteiger partial charge in [0.2, 0.25) is 0 Å². The maximum atomic E-state index is 4.45. The number of allylic oxidation sites excluding steroid dienone is 1. The first-order valence-electron chi connectivity index (χ1n) is 4.82. The van der Waals surface area contributed by atoms with Crippen LogP contribution >= 0.6 is 0 Å². The molecule has 1 heteroatoms. The highest BCUT2D eigenvalue weighted by Crippen LogP contribution is 2.12. The molecule has 0 aliphatic heterocycles. The van der Waals surface area contributed by atoms with Crippen molar-refractivity contribution in [2.45, 2.75) is 41.0 Å². The molecule has 1 atom stereocenters. The minimum atomic E-state index is 0.566. The normalized spacial score (nSPS) is 16.0. The average Bonchev–Trinajstić information content (AvgIpc) is 2.04. The molecule has 0 radical (unpaired) electrons. The largest absolute Gasteiger partial charge is 0.265 e. The third-order valence-corrected chi connectivity index (χ3v) is 2.08. The molecule has 0 aromatic rings. The van der Waals surface area contributed by atoms with Crippen molar-refractivity contribution in [3.8, 4) is 0 Å². The smallest absolute Gasteiger partial charge is 0.0232 e. The van der Waals surface area contributed by atoms with E-state index in [0.29, 0.717) is 11.8 Å². The molecule has 0 saturated heterocycles. The van der Waals surface area contributed by atoms with E-state index in [1.165, 1.54) is 12.1 Å². The lowest BCUT2D eigenvalue weighted by atomic mass is 9.94. The molecule has 70 valence electrons. The molecular weight excluding hydrogens is 146 g/mol. The summed E-state index contributed by atoms with van der Waals surface area (Å²) >= 11 is 0. The van der Waals surface area contributed by atoms with Crippen molar-refractivity contribution in [1.29, 1.82) is 0 Å². The van der Waals surface area contributed by atoms with Crippen LogP contribution in [-0.4, -0.2) is 5.71 Å². The Hall–Kier alpha value is -0.590. The Balaban J connectivity index is 4.42. The summed E-state index contributed by atoms with van der Waals surface area (Å²) in [4.78, 5) is 4.45. The van der Waals surface area contributed by atoms with Gasteiger partial charge in [-0.05, 0) is 25.2 Å². The van der Waals surface area contributed by atoms with E-state index in [1.807, 2.05) is 19.2 Å². The van der Waals surface area contributed by atoms with E-state index in [2.05, 4.69) is 32.7 Å². The first-order chi connectivity index (χ1) is 5.63. The highest BCUT2D eigenvalue weighted by atomic mass is 14.7. The second-order valence-corrected chi connectivity index (χ2v) is 3.50. The van der Waals surface area contributed by atoms with Crippen molar-refractivity contribution >= 4 is 5.71 Å². The second kappa shape index (κ2) is 5.99. The van der Waals surface area contributed by atoms with E-state index in [0.717, 1.165) is 0 Å². The van der Waals surface area contributed by atoms with Gasteiger partial charge in [0.15, 0.2) is 0 Å². The van der Waals surface area contributed by atoms with Gasteiger partial charge in [-0.1, -0.05) is 33.8 Å². The maximum absolute atomic E-state index is 4.45. The number of nitrogens with zero attached hydrogens (tertiary/aromatic N) is 1. The minimum Gasteiger partial charge on any atom is -0.265 e. The second-order valence-electron chi connectivity index (χ2n) is 3.50. The van der Waals surface area contributed by atoms with E-state index >= 15 is 0 Å². The van der Waals surface area contributed by atoms with Gasteiger partial charge in [-0.25, -0.2) is 0 Å². The van der Waals surface area contributed by atoms with Gasteiger partial charge < -0.3 is 0 Å². The van der Waals surface area contributed by atoms with Crippen LogP contribution < -0.4 is 0 Å². The van der Waals surface area contributed by atoms with Crippen LogP contribution in [0.1, 0.15) is 41.0 Å². The molecule has 0 amide bonds. The van der Waals surface area contributed by atoms with E-state index in [4.69, 9.17) is 0 Å². The van der Waals surface area contributed by atoms with Crippen molar-refractivity contribution in [3.05, 3.63) is 12.3 Å². The summed E-state index contributed by atoms with van der Waals surface area (Å²) < 4.78 is 0. The van der Waals surface area contributed by atoms with Crippen molar-refractivity contribution in [1.82, 2.24) is 0 Å². The zero-order valence-corrected chi connectivity index (χ0v) is 8.96. The molecule has 0 heterocycles. The number of hydrogen-bond donors (Lipinski definition) is 0. The van der Waals surface area contributed by atoms with Crippen molar-refractivity contribution in [2.24, 2.45) is 16.8 Å². The Morgan fingerprint density at radius 1 is 1.33 bits per heavy atom. The monoisotopic (exact) mass is 167 g/mol. The molecule has 0 aromatic carbocycles. The Kier molecular flexibility index (Phi) is 5.69. The Bertz CT molecular complexity index is 166. The zero-order valence-electron chi connectivity index (χ0n) is 8.96. The highest BCUT2D eigenvalue weighted by molar-refractivity contribution is 5.88. The van der Waals surface area contributed by atoms with Crippen LogP contribution in [0.4, 0.5) is 0 Å². The van der Waals surface area contributed by atoms with Gasteiger partial charge in [0.1, 0.15) is 0 Å². The lowest BCUT2D eigenvalue weighted by molar-refractivity contribution is 0.684. The fourth-order valence-corrected chi connectivity index (χ4v) is 1.22. The van der Waals surface area contributed by atoms with Gasteiger partial charge in [-0.2, -0.15) is 0 Å². The van der Waals surface area contributed by atoms with Crippen molar-refractivity contribution < 1.29 is 0 Å². The first-order valence-corrected chi connectivity index (χ1v) is 4.82. The van der Waals surface area contributed by atoms with Crippen LogP contribution in [0.5, 0.6) is 0 Å². The minimum absolute atomic E-state index is 0.566. The molecule has 0 unspecified atom stereocenters. The average molecular weight is 167 g/mol. The Labute approximate surface area is 76.6 Å². The first kappa shape index (κ1) is 11.4. The van der Waals surface area contributed by atoms with E-state index in [1.54, 1.807) is 0 Å². The molecule has 0 aromatic heterocycles. The third-order valence-electron chi connectivity index (χ3n) is 2.08. The lowest BCUT2D eigenvalue weighted by Crippen LogP contribution is -2.16. The molecule has 1 nitrogen and oxygen atoms in total. The van der Waals surface area contributed by atoms with E-state index < -0.39 is 0 Å². The van der Waals surface area contributed by atoms with Crippen LogP contribution in [-0.2, 0) is 0 Å². The van der Waals surface area contributed by atoms with Gasteiger partial charge in [-0.3, -0.25) is 4.99 Å². The summed E-state index contributed by atoms with van der Waals surface area (Å²) in [5, 5.41) is 0. The number of hydrogen-bond acceptors (Lipinski definition) is 1. The number of rotatable bonds is 4. The maximum Gasteiger partial charge on any atom is 0.0232 e. The molecule has 0 aliphatic rings. The molecule has 0 spiro atoms. The predicted octanol–water partition coefficient (Wildman–Crippen LogP) is 3.66. The van der Waals surface area contributed by atoms with Gasteiger partial charge in [0, 0.05) is 11.9 Å². The molecule has 0 fully saturated rings. The summed E-state index contributed by atoms with van der Waals surface area (Å²) in [6, 6.07) is 0. The predicted molar refractivity (Wildman–Crippen MR) is 56.5 cm³/mol. The van der Waals surface area contributed by atoms with E-state index in [-0.39, 0.29) is 0 Å². The van der Waals surface area contributed by atoms with E-state index in [9.17, 15) is 0 Å². The Morgan fingerprint density at radius 2 is 1.92 bits per heavy atom. The van der Waals surface area contributed by atoms with Gasteiger partial charge in [-0.15, -0.1) is 0 Å². The molecule has 0 bridgehead atoms. The standard InChI is InChI=1S/C11H21N/c1-6-8-12-11(9(3)4)10(5)7-2/h6,8-10H,7H2,1-5H3/b8-6-,12-11?/t10-/m0/s1. The zero-order chi connectivity index (χ0) is 9.56. The summed E-state index contributed by atoms with van der Waals surface area (Å²) in [6.07, 6.45) is 5.04. The fraction of sp³-hybridized carbons (Fsp3) is 0.727. The molecule has 0 rings (SSSR count). The quantitative estimate of drug-likeness (QED) is 0.567. The summed E-state index contributed by atoms with van der Waals surface area (Å²) in [6.45, 7) is 10.8. The van der Waals surface area contributed by atoms with Crippen LogP contribution in [0.25, 0.3) is 0 Å². The van der Waals surface area contributed by atoms with Gasteiger partial charge in [0.25, 0.3) is 0 Å². The van der Waals surface area contributed by atoms with Crippen LogP contribution in [0.3, 0.4) is 0 Å². The van der Waals surface area contributed by atoms with Crippen LogP contribution in [0.2, 0.25) is 0 Å². The van der Waals surface area contributed by atoms with Crippen molar-refractivity contribution in [3.63, 3.8) is 0 Å². The highest BCUT2D eigenvalue weighted by Gasteiger charge is 2.11. The molecule has 0 saturated carbocycles. The fourth-order valence-electron chi connectivity index (χ4n) is 1.22. The van der Waals surface area contributed by atoms with Gasteiger partial charge >= 0.3 is 0 Å². The van der Waals surface area contributed by atoms with Crippen molar-refractivity contribution in [2.75, 3.05) is 0 Å². The molecular formula is C11H21N. The molecule has 0 N–H and O–H groups in total. The molecule has 12 heavy (non-hydrogen) atoms. The SMILES string of the molecule is C/C=C\N=C(C(C)C)[C@@H](C)CC. The topological polar surface area (TPSA) is 12.4 Å².